The van der Waals surface area contributed by atoms with Gasteiger partial charge >= 0.3 is 0 Å². The van der Waals surface area contributed by atoms with E-state index in [-0.39, 0.29) is 5.92 Å². The fourth-order valence-electron chi connectivity index (χ4n) is 2.93. The van der Waals surface area contributed by atoms with Crippen LogP contribution in [0.25, 0.3) is 10.9 Å². The second kappa shape index (κ2) is 5.29. The lowest BCUT2D eigenvalue weighted by Crippen LogP contribution is -2.01. The highest BCUT2D eigenvalue weighted by Crippen LogP contribution is 2.35. The van der Waals surface area contributed by atoms with E-state index in [1.807, 2.05) is 48.7 Å². The summed E-state index contributed by atoms with van der Waals surface area (Å²) in [6.45, 7) is 0.746. The number of Topliss-reactive ketones (excluding diaryl/α,β-unsaturated/α-hetero) is 1. The molecular formula is C19H16ClNO. The second-order valence-electron chi connectivity index (χ2n) is 5.95. The van der Waals surface area contributed by atoms with Gasteiger partial charge in [0.2, 0.25) is 0 Å². The van der Waals surface area contributed by atoms with Gasteiger partial charge in [-0.05, 0) is 36.6 Å². The third-order valence-corrected chi connectivity index (χ3v) is 4.52. The summed E-state index contributed by atoms with van der Waals surface area (Å²) in [4.78, 5) is 12.5. The first-order valence-corrected chi connectivity index (χ1v) is 7.97. The second-order valence-corrected chi connectivity index (χ2v) is 6.39. The van der Waals surface area contributed by atoms with Crippen LogP contribution in [0.3, 0.4) is 0 Å². The van der Waals surface area contributed by atoms with Crippen molar-refractivity contribution in [3.8, 4) is 0 Å². The molecule has 1 heterocycles. The molecule has 0 unspecified atom stereocenters. The van der Waals surface area contributed by atoms with E-state index in [1.54, 1.807) is 0 Å². The first-order chi connectivity index (χ1) is 10.7. The largest absolute Gasteiger partial charge is 0.342 e. The van der Waals surface area contributed by atoms with Crippen molar-refractivity contribution in [2.24, 2.45) is 5.92 Å². The standard InChI is InChI=1S/C19H16ClNO/c20-15-9-5-13(6-10-15)11-21-12-17(19(22)14-7-8-14)16-3-1-2-4-18(16)21/h1-6,9-10,12,14H,7-8,11H2. The van der Waals surface area contributed by atoms with Gasteiger partial charge in [-0.25, -0.2) is 0 Å². The summed E-state index contributed by atoms with van der Waals surface area (Å²) >= 11 is 5.95. The summed E-state index contributed by atoms with van der Waals surface area (Å²) in [5.74, 6) is 0.542. The van der Waals surface area contributed by atoms with Gasteiger partial charge in [-0.1, -0.05) is 41.9 Å². The zero-order valence-electron chi connectivity index (χ0n) is 12.1. The minimum Gasteiger partial charge on any atom is -0.342 e. The number of carbonyl (C=O) groups is 1. The Labute approximate surface area is 134 Å². The molecule has 1 aliphatic carbocycles. The molecule has 0 N–H and O–H groups in total. The number of nitrogens with zero attached hydrogens (tertiary/aromatic N) is 1. The Balaban J connectivity index is 1.77. The molecule has 0 aliphatic heterocycles. The first kappa shape index (κ1) is 13.6. The van der Waals surface area contributed by atoms with Crippen LogP contribution >= 0.6 is 11.6 Å². The van der Waals surface area contributed by atoms with Gasteiger partial charge in [-0.15, -0.1) is 0 Å². The Hall–Kier alpha value is -2.06. The molecule has 1 aliphatic rings. The predicted octanol–water partition coefficient (Wildman–Crippen LogP) is 4.94. The Morgan fingerprint density at radius 3 is 2.55 bits per heavy atom. The predicted molar refractivity (Wildman–Crippen MR) is 89.5 cm³/mol. The van der Waals surface area contributed by atoms with Crippen molar-refractivity contribution in [1.29, 1.82) is 0 Å². The molecule has 0 radical (unpaired) electrons. The van der Waals surface area contributed by atoms with Crippen LogP contribution in [0, 0.1) is 5.92 Å². The van der Waals surface area contributed by atoms with Gasteiger partial charge in [0.1, 0.15) is 0 Å². The number of halogens is 1. The third kappa shape index (κ3) is 2.44. The van der Waals surface area contributed by atoms with Crippen LogP contribution in [0.2, 0.25) is 5.02 Å². The van der Waals surface area contributed by atoms with Crippen LogP contribution in [0.4, 0.5) is 0 Å². The van der Waals surface area contributed by atoms with Crippen molar-refractivity contribution in [3.05, 3.63) is 70.9 Å². The Kier molecular flexibility index (Phi) is 3.27. The molecule has 2 nitrogen and oxygen atoms in total. The van der Waals surface area contributed by atoms with Crippen molar-refractivity contribution < 1.29 is 4.79 Å². The molecule has 1 fully saturated rings. The number of hydrogen-bond donors (Lipinski definition) is 0. The maximum absolute atomic E-state index is 12.5. The average molecular weight is 310 g/mol. The van der Waals surface area contributed by atoms with Crippen molar-refractivity contribution in [3.63, 3.8) is 0 Å². The number of para-hydroxylation sites is 1. The molecule has 22 heavy (non-hydrogen) atoms. The molecule has 0 saturated heterocycles. The van der Waals surface area contributed by atoms with E-state index in [0.717, 1.165) is 40.9 Å². The summed E-state index contributed by atoms with van der Waals surface area (Å²) in [7, 11) is 0. The lowest BCUT2D eigenvalue weighted by atomic mass is 10.1. The fraction of sp³-hybridized carbons (Fsp3) is 0.211. The number of fused-ring (bicyclic) bond motifs is 1. The van der Waals surface area contributed by atoms with Crippen molar-refractivity contribution >= 4 is 28.3 Å². The Morgan fingerprint density at radius 2 is 1.82 bits per heavy atom. The molecule has 3 heteroatoms. The van der Waals surface area contributed by atoms with Gasteiger partial charge in [0.15, 0.2) is 5.78 Å². The number of rotatable bonds is 4. The fourth-order valence-corrected chi connectivity index (χ4v) is 3.05. The van der Waals surface area contributed by atoms with Crippen LogP contribution in [-0.4, -0.2) is 10.4 Å². The Bertz CT molecular complexity index is 844. The number of hydrogen-bond acceptors (Lipinski definition) is 1. The van der Waals surface area contributed by atoms with Crippen LogP contribution in [0.1, 0.15) is 28.8 Å². The highest BCUT2D eigenvalue weighted by Gasteiger charge is 2.32. The van der Waals surface area contributed by atoms with E-state index in [9.17, 15) is 4.79 Å². The first-order valence-electron chi connectivity index (χ1n) is 7.59. The summed E-state index contributed by atoms with van der Waals surface area (Å²) in [5, 5.41) is 1.80. The van der Waals surface area contributed by atoms with Gasteiger partial charge in [0.25, 0.3) is 0 Å². The molecule has 0 amide bonds. The van der Waals surface area contributed by atoms with Crippen molar-refractivity contribution in [2.75, 3.05) is 0 Å². The van der Waals surface area contributed by atoms with Gasteiger partial charge in [-0.3, -0.25) is 4.79 Å². The molecule has 3 aromatic rings. The van der Waals surface area contributed by atoms with E-state index >= 15 is 0 Å². The molecular weight excluding hydrogens is 294 g/mol. The van der Waals surface area contributed by atoms with Crippen LogP contribution < -0.4 is 0 Å². The van der Waals surface area contributed by atoms with E-state index in [0.29, 0.717) is 5.78 Å². The minimum absolute atomic E-state index is 0.245. The molecule has 4 rings (SSSR count). The smallest absolute Gasteiger partial charge is 0.168 e. The summed E-state index contributed by atoms with van der Waals surface area (Å²) in [5.41, 5.74) is 3.16. The van der Waals surface area contributed by atoms with Crippen LogP contribution in [-0.2, 0) is 6.54 Å². The van der Waals surface area contributed by atoms with Gasteiger partial charge in [0.05, 0.1) is 0 Å². The van der Waals surface area contributed by atoms with Crippen LogP contribution in [0.5, 0.6) is 0 Å². The summed E-state index contributed by atoms with van der Waals surface area (Å²) < 4.78 is 2.16. The van der Waals surface area contributed by atoms with E-state index in [1.165, 1.54) is 5.56 Å². The molecule has 0 bridgehead atoms. The molecule has 0 atom stereocenters. The van der Waals surface area contributed by atoms with Crippen LogP contribution in [0.15, 0.2) is 54.7 Å². The summed E-state index contributed by atoms with van der Waals surface area (Å²) in [6, 6.07) is 16.0. The maximum Gasteiger partial charge on any atom is 0.168 e. The number of aromatic nitrogens is 1. The monoisotopic (exact) mass is 309 g/mol. The quantitative estimate of drug-likeness (QED) is 0.626. The maximum atomic E-state index is 12.5. The third-order valence-electron chi connectivity index (χ3n) is 4.27. The van der Waals surface area contributed by atoms with E-state index in [2.05, 4.69) is 10.6 Å². The summed E-state index contributed by atoms with van der Waals surface area (Å²) in [6.07, 6.45) is 4.09. The lowest BCUT2D eigenvalue weighted by molar-refractivity contribution is 0.0969. The number of carbonyl (C=O) groups excluding carboxylic acids is 1. The normalized spacial score (nSPS) is 14.4. The number of benzene rings is 2. The van der Waals surface area contributed by atoms with Crippen molar-refractivity contribution in [1.82, 2.24) is 4.57 Å². The SMILES string of the molecule is O=C(c1cn(Cc2ccc(Cl)cc2)c2ccccc12)C1CC1. The lowest BCUT2D eigenvalue weighted by Gasteiger charge is -2.05. The molecule has 0 spiro atoms. The molecule has 1 saturated carbocycles. The molecule has 2 aromatic carbocycles. The topological polar surface area (TPSA) is 22.0 Å². The van der Waals surface area contributed by atoms with Crippen molar-refractivity contribution in [2.45, 2.75) is 19.4 Å². The highest BCUT2D eigenvalue weighted by atomic mass is 35.5. The Morgan fingerprint density at radius 1 is 1.09 bits per heavy atom. The highest BCUT2D eigenvalue weighted by molar-refractivity contribution is 6.30. The molecule has 1 aromatic heterocycles. The van der Waals surface area contributed by atoms with E-state index in [4.69, 9.17) is 11.6 Å². The van der Waals surface area contributed by atoms with Gasteiger partial charge < -0.3 is 4.57 Å². The number of ketones is 1. The van der Waals surface area contributed by atoms with Gasteiger partial charge in [-0.2, -0.15) is 0 Å². The molecule has 110 valence electrons. The zero-order valence-corrected chi connectivity index (χ0v) is 12.9. The minimum atomic E-state index is 0.245. The average Bonchev–Trinajstić information content (AvgIpc) is 3.32. The van der Waals surface area contributed by atoms with Gasteiger partial charge in [0, 0.05) is 40.1 Å². The zero-order chi connectivity index (χ0) is 15.1. The van der Waals surface area contributed by atoms with E-state index < -0.39 is 0 Å².